The Morgan fingerprint density at radius 1 is 1.30 bits per heavy atom. The van der Waals surface area contributed by atoms with E-state index in [1.165, 1.54) is 17.7 Å². The number of rotatable bonds is 5. The summed E-state index contributed by atoms with van der Waals surface area (Å²) in [5.74, 6) is -0.278. The number of amides is 2. The zero-order valence-electron chi connectivity index (χ0n) is 14.1. The predicted molar refractivity (Wildman–Crippen MR) is 87.7 cm³/mol. The average Bonchev–Trinajstić information content (AvgIpc) is 2.77. The monoisotopic (exact) mass is 318 g/mol. The van der Waals surface area contributed by atoms with E-state index in [9.17, 15) is 9.18 Å². The van der Waals surface area contributed by atoms with Gasteiger partial charge in [-0.15, -0.1) is 0 Å². The van der Waals surface area contributed by atoms with Gasteiger partial charge in [0.1, 0.15) is 5.82 Å². The Hall–Kier alpha value is -2.37. The number of hydrogen-bond donors (Lipinski definition) is 1. The smallest absolute Gasteiger partial charge is 0.317 e. The molecule has 6 heteroatoms. The number of aryl methyl sites for hydroxylation is 2. The molecule has 2 aromatic rings. The van der Waals surface area contributed by atoms with Crippen molar-refractivity contribution in [3.05, 3.63) is 52.6 Å². The fourth-order valence-electron chi connectivity index (χ4n) is 2.48. The van der Waals surface area contributed by atoms with Crippen LogP contribution >= 0.6 is 0 Å². The van der Waals surface area contributed by atoms with Crippen molar-refractivity contribution >= 4 is 6.03 Å². The van der Waals surface area contributed by atoms with Gasteiger partial charge in [0.05, 0.1) is 5.69 Å². The van der Waals surface area contributed by atoms with Crippen molar-refractivity contribution in [2.45, 2.75) is 26.8 Å². The van der Waals surface area contributed by atoms with Gasteiger partial charge in [0.15, 0.2) is 0 Å². The number of likely N-dealkylation sites (N-methyl/N-ethyl adjacent to an activating group) is 1. The second kappa shape index (κ2) is 7.26. The number of urea groups is 1. The topological polar surface area (TPSA) is 50.2 Å². The molecule has 0 fully saturated rings. The average molecular weight is 318 g/mol. The summed E-state index contributed by atoms with van der Waals surface area (Å²) < 4.78 is 14.7. The lowest BCUT2D eigenvalue weighted by atomic mass is 10.1. The van der Waals surface area contributed by atoms with Crippen LogP contribution in [0.15, 0.2) is 24.3 Å². The van der Waals surface area contributed by atoms with E-state index in [0.717, 1.165) is 23.4 Å². The third kappa shape index (κ3) is 4.31. The molecule has 124 valence electrons. The van der Waals surface area contributed by atoms with Gasteiger partial charge >= 0.3 is 6.03 Å². The van der Waals surface area contributed by atoms with E-state index in [2.05, 4.69) is 10.4 Å². The summed E-state index contributed by atoms with van der Waals surface area (Å²) in [7, 11) is 3.69. The lowest BCUT2D eigenvalue weighted by Gasteiger charge is -2.18. The van der Waals surface area contributed by atoms with Gasteiger partial charge in [-0.1, -0.05) is 12.1 Å². The molecular weight excluding hydrogens is 295 g/mol. The molecule has 1 aromatic heterocycles. The van der Waals surface area contributed by atoms with Crippen LogP contribution in [0.25, 0.3) is 0 Å². The number of hydrogen-bond acceptors (Lipinski definition) is 2. The maximum absolute atomic E-state index is 12.8. The van der Waals surface area contributed by atoms with Crippen molar-refractivity contribution in [3.63, 3.8) is 0 Å². The van der Waals surface area contributed by atoms with Crippen molar-refractivity contribution in [2.75, 3.05) is 13.6 Å². The van der Waals surface area contributed by atoms with Crippen LogP contribution in [-0.4, -0.2) is 34.3 Å². The molecule has 0 unspecified atom stereocenters. The number of benzene rings is 1. The molecule has 0 bridgehead atoms. The molecule has 1 heterocycles. The summed E-state index contributed by atoms with van der Waals surface area (Å²) in [6.45, 7) is 5.01. The zero-order chi connectivity index (χ0) is 17.0. The van der Waals surface area contributed by atoms with E-state index in [4.69, 9.17) is 0 Å². The molecule has 23 heavy (non-hydrogen) atoms. The molecule has 5 nitrogen and oxygen atoms in total. The first-order valence-corrected chi connectivity index (χ1v) is 7.61. The summed E-state index contributed by atoms with van der Waals surface area (Å²) >= 11 is 0. The van der Waals surface area contributed by atoms with E-state index in [1.54, 1.807) is 24.1 Å². The van der Waals surface area contributed by atoms with Crippen molar-refractivity contribution in [1.29, 1.82) is 0 Å². The third-order valence-electron chi connectivity index (χ3n) is 4.06. The number of carbonyl (C=O) groups is 1. The Kier molecular flexibility index (Phi) is 5.36. The molecule has 0 aliphatic carbocycles. The van der Waals surface area contributed by atoms with Crippen LogP contribution in [0, 0.1) is 19.7 Å². The number of nitrogens with zero attached hydrogens (tertiary/aromatic N) is 3. The standard InChI is InChI=1S/C17H23FN4O/c1-12-16(13(2)22(4)20-12)9-10-21(3)17(23)19-11-14-5-7-15(18)8-6-14/h5-8H,9-11H2,1-4H3,(H,19,23). The van der Waals surface area contributed by atoms with Gasteiger partial charge in [0.2, 0.25) is 0 Å². The van der Waals surface area contributed by atoms with Crippen LogP contribution in [0.5, 0.6) is 0 Å². The first kappa shape index (κ1) is 17.0. The van der Waals surface area contributed by atoms with Crippen LogP contribution in [-0.2, 0) is 20.0 Å². The number of aromatic nitrogens is 2. The third-order valence-corrected chi connectivity index (χ3v) is 4.06. The van der Waals surface area contributed by atoms with E-state index < -0.39 is 0 Å². The molecular formula is C17H23FN4O. The van der Waals surface area contributed by atoms with Crippen molar-refractivity contribution < 1.29 is 9.18 Å². The molecule has 0 atom stereocenters. The lowest BCUT2D eigenvalue weighted by molar-refractivity contribution is 0.209. The summed E-state index contributed by atoms with van der Waals surface area (Å²) in [6.07, 6.45) is 0.770. The summed E-state index contributed by atoms with van der Waals surface area (Å²) in [5.41, 5.74) is 4.19. The molecule has 2 amide bonds. The van der Waals surface area contributed by atoms with Crippen LogP contribution in [0.4, 0.5) is 9.18 Å². The first-order chi connectivity index (χ1) is 10.9. The molecule has 0 saturated heterocycles. The highest BCUT2D eigenvalue weighted by Crippen LogP contribution is 2.12. The maximum atomic E-state index is 12.8. The minimum atomic E-state index is -0.278. The first-order valence-electron chi connectivity index (χ1n) is 7.61. The second-order valence-corrected chi connectivity index (χ2v) is 5.73. The van der Waals surface area contributed by atoms with Crippen molar-refractivity contribution in [3.8, 4) is 0 Å². The normalized spacial score (nSPS) is 10.7. The Morgan fingerprint density at radius 3 is 2.52 bits per heavy atom. The zero-order valence-corrected chi connectivity index (χ0v) is 14.1. The van der Waals surface area contributed by atoms with E-state index in [0.29, 0.717) is 13.1 Å². The molecule has 0 radical (unpaired) electrons. The second-order valence-electron chi connectivity index (χ2n) is 5.73. The Bertz CT molecular complexity index is 679. The molecule has 0 aliphatic heterocycles. The minimum absolute atomic E-state index is 0.145. The van der Waals surface area contributed by atoms with Crippen LogP contribution < -0.4 is 5.32 Å². The van der Waals surface area contributed by atoms with Crippen LogP contribution in [0.2, 0.25) is 0 Å². The molecule has 0 spiro atoms. The Labute approximate surface area is 136 Å². The largest absolute Gasteiger partial charge is 0.334 e. The van der Waals surface area contributed by atoms with Crippen LogP contribution in [0.3, 0.4) is 0 Å². The fraction of sp³-hybridized carbons (Fsp3) is 0.412. The predicted octanol–water partition coefficient (Wildman–Crippen LogP) is 2.56. The van der Waals surface area contributed by atoms with E-state index in [1.807, 2.05) is 25.6 Å². The molecule has 1 N–H and O–H groups in total. The van der Waals surface area contributed by atoms with Crippen LogP contribution in [0.1, 0.15) is 22.5 Å². The van der Waals surface area contributed by atoms with Crippen molar-refractivity contribution in [1.82, 2.24) is 20.0 Å². The highest BCUT2D eigenvalue weighted by atomic mass is 19.1. The molecule has 0 aliphatic rings. The number of nitrogens with one attached hydrogen (secondary N) is 1. The summed E-state index contributed by atoms with van der Waals surface area (Å²) in [6, 6.07) is 5.96. The molecule has 2 rings (SSSR count). The fourth-order valence-corrected chi connectivity index (χ4v) is 2.48. The van der Waals surface area contributed by atoms with Gasteiger partial charge in [-0.05, 0) is 43.5 Å². The van der Waals surface area contributed by atoms with Crippen molar-refractivity contribution in [2.24, 2.45) is 7.05 Å². The Balaban J connectivity index is 1.84. The summed E-state index contributed by atoms with van der Waals surface area (Å²) in [4.78, 5) is 13.7. The minimum Gasteiger partial charge on any atom is -0.334 e. The van der Waals surface area contributed by atoms with Gasteiger partial charge < -0.3 is 10.2 Å². The highest BCUT2D eigenvalue weighted by molar-refractivity contribution is 5.73. The summed E-state index contributed by atoms with van der Waals surface area (Å²) in [5, 5.41) is 7.22. The van der Waals surface area contributed by atoms with E-state index >= 15 is 0 Å². The molecule has 1 aromatic carbocycles. The van der Waals surface area contributed by atoms with Gasteiger partial charge in [0, 0.05) is 32.9 Å². The maximum Gasteiger partial charge on any atom is 0.317 e. The number of carbonyl (C=O) groups excluding carboxylic acids is 1. The highest BCUT2D eigenvalue weighted by Gasteiger charge is 2.13. The molecule has 0 saturated carbocycles. The Morgan fingerprint density at radius 2 is 1.96 bits per heavy atom. The number of halogens is 1. The van der Waals surface area contributed by atoms with Gasteiger partial charge in [-0.25, -0.2) is 9.18 Å². The van der Waals surface area contributed by atoms with Gasteiger partial charge in [-0.2, -0.15) is 5.10 Å². The quantitative estimate of drug-likeness (QED) is 0.921. The lowest BCUT2D eigenvalue weighted by Crippen LogP contribution is -2.38. The van der Waals surface area contributed by atoms with Gasteiger partial charge in [-0.3, -0.25) is 4.68 Å². The van der Waals surface area contributed by atoms with Gasteiger partial charge in [0.25, 0.3) is 0 Å². The van der Waals surface area contributed by atoms with E-state index in [-0.39, 0.29) is 11.8 Å². The SMILES string of the molecule is Cc1nn(C)c(C)c1CCN(C)C(=O)NCc1ccc(F)cc1.